The van der Waals surface area contributed by atoms with Gasteiger partial charge in [-0.3, -0.25) is 9.69 Å². The van der Waals surface area contributed by atoms with Crippen molar-refractivity contribution in [3.8, 4) is 17.5 Å². The minimum Gasteiger partial charge on any atom is -0.508 e. The molecule has 0 unspecified atom stereocenters. The number of hydrogen-bond acceptors (Lipinski definition) is 11. The Labute approximate surface area is 242 Å². The molecule has 11 heteroatoms. The monoisotopic (exact) mass is 566 g/mol. The van der Waals surface area contributed by atoms with Gasteiger partial charge in [0.25, 0.3) is 0 Å². The molecule has 2 fully saturated rings. The number of benzene rings is 1. The number of anilines is 2. The molecule has 4 heterocycles. The fourth-order valence-electron chi connectivity index (χ4n) is 5.54. The zero-order valence-electron chi connectivity index (χ0n) is 24.2. The number of morpholine rings is 1. The van der Waals surface area contributed by atoms with Crippen LogP contribution in [0.25, 0.3) is 0 Å². The first-order valence-corrected chi connectivity index (χ1v) is 14.7. The van der Waals surface area contributed by atoms with Gasteiger partial charge in [-0.2, -0.15) is 9.97 Å². The molecule has 2 aromatic rings. The summed E-state index contributed by atoms with van der Waals surface area (Å²) >= 11 is 0. The summed E-state index contributed by atoms with van der Waals surface area (Å²) in [6.45, 7) is 13.5. The van der Waals surface area contributed by atoms with Crippen LogP contribution in [-0.4, -0.2) is 109 Å². The third-order valence-electron chi connectivity index (χ3n) is 7.61. The van der Waals surface area contributed by atoms with Gasteiger partial charge >= 0.3 is 6.01 Å². The Balaban J connectivity index is 1.35. The van der Waals surface area contributed by atoms with E-state index in [4.69, 9.17) is 24.2 Å². The summed E-state index contributed by atoms with van der Waals surface area (Å²) in [5, 5.41) is 10.3. The van der Waals surface area contributed by atoms with Gasteiger partial charge in [-0.05, 0) is 44.9 Å². The molecule has 0 amide bonds. The van der Waals surface area contributed by atoms with Crippen LogP contribution in [0.3, 0.4) is 0 Å². The number of phenols is 1. The van der Waals surface area contributed by atoms with E-state index >= 15 is 0 Å². The molecule has 1 aromatic carbocycles. The van der Waals surface area contributed by atoms with Gasteiger partial charge in [-0.15, -0.1) is 0 Å². The lowest BCUT2D eigenvalue weighted by atomic mass is 10.0. The number of fused-ring (bicyclic) bond motifs is 1. The fourth-order valence-corrected chi connectivity index (χ4v) is 5.54. The predicted octanol–water partition coefficient (Wildman–Crippen LogP) is 2.47. The summed E-state index contributed by atoms with van der Waals surface area (Å²) in [5.41, 5.74) is 2.94. The van der Waals surface area contributed by atoms with Gasteiger partial charge in [-0.25, -0.2) is 0 Å². The molecule has 3 aliphatic rings. The second-order valence-electron chi connectivity index (χ2n) is 10.9. The number of nitrogens with zero attached hydrogens (tertiary/aromatic N) is 6. The Morgan fingerprint density at radius 3 is 2.61 bits per heavy atom. The number of phenolic OH excluding ortho intramolecular Hbond substituents is 1. The maximum Gasteiger partial charge on any atom is 0.318 e. The maximum absolute atomic E-state index is 10.8. The third-order valence-corrected chi connectivity index (χ3v) is 7.61. The van der Waals surface area contributed by atoms with Crippen molar-refractivity contribution >= 4 is 17.8 Å². The zero-order valence-corrected chi connectivity index (χ0v) is 24.2. The van der Waals surface area contributed by atoms with E-state index in [2.05, 4.69) is 19.6 Å². The van der Waals surface area contributed by atoms with Crippen LogP contribution in [0.15, 0.2) is 30.5 Å². The SMILES string of the molecule is CC(C)Oc1ccc(O)cc1N1CCc2c(nc(OCCCN3CCOCC3)nc2N2CCN(C=CC=O)CC2)C1. The summed E-state index contributed by atoms with van der Waals surface area (Å²) < 4.78 is 17.7. The topological polar surface area (TPSA) is 104 Å². The summed E-state index contributed by atoms with van der Waals surface area (Å²) in [6.07, 6.45) is 5.88. The molecule has 11 nitrogen and oxygen atoms in total. The fraction of sp³-hybridized carbons (Fsp3) is 0.567. The maximum atomic E-state index is 10.8. The molecule has 1 aromatic heterocycles. The van der Waals surface area contributed by atoms with Crippen molar-refractivity contribution < 1.29 is 24.1 Å². The molecule has 0 saturated carbocycles. The van der Waals surface area contributed by atoms with E-state index < -0.39 is 0 Å². The lowest BCUT2D eigenvalue weighted by Crippen LogP contribution is -2.45. The number of rotatable bonds is 11. The Kier molecular flexibility index (Phi) is 9.79. The Morgan fingerprint density at radius 2 is 1.85 bits per heavy atom. The van der Waals surface area contributed by atoms with E-state index in [-0.39, 0.29) is 11.9 Å². The first-order chi connectivity index (χ1) is 20.0. The molecule has 0 bridgehead atoms. The predicted molar refractivity (Wildman–Crippen MR) is 157 cm³/mol. The van der Waals surface area contributed by atoms with Gasteiger partial charge < -0.3 is 34.0 Å². The van der Waals surface area contributed by atoms with Gasteiger partial charge in [0.2, 0.25) is 0 Å². The van der Waals surface area contributed by atoms with Crippen LogP contribution in [0.4, 0.5) is 11.5 Å². The van der Waals surface area contributed by atoms with Crippen molar-refractivity contribution in [2.75, 3.05) is 82.0 Å². The van der Waals surface area contributed by atoms with Crippen LogP contribution in [-0.2, 0) is 22.5 Å². The number of aromatic hydroxyl groups is 1. The van der Waals surface area contributed by atoms with Gasteiger partial charge in [-0.1, -0.05) is 0 Å². The second-order valence-corrected chi connectivity index (χ2v) is 10.9. The lowest BCUT2D eigenvalue weighted by molar-refractivity contribution is -0.104. The summed E-state index contributed by atoms with van der Waals surface area (Å²) in [7, 11) is 0. The van der Waals surface area contributed by atoms with Crippen LogP contribution in [0, 0.1) is 0 Å². The van der Waals surface area contributed by atoms with Crippen LogP contribution < -0.4 is 19.3 Å². The molecule has 0 atom stereocenters. The van der Waals surface area contributed by atoms with Crippen molar-refractivity contribution in [2.45, 2.75) is 39.3 Å². The minimum atomic E-state index is 0.0156. The van der Waals surface area contributed by atoms with E-state index in [1.165, 1.54) is 6.08 Å². The van der Waals surface area contributed by atoms with E-state index in [1.54, 1.807) is 12.1 Å². The highest BCUT2D eigenvalue weighted by molar-refractivity contribution is 5.65. The van der Waals surface area contributed by atoms with Gasteiger partial charge in [0.05, 0.1) is 43.9 Å². The number of ether oxygens (including phenoxy) is 3. The van der Waals surface area contributed by atoms with Gasteiger partial charge in [0.1, 0.15) is 23.6 Å². The standard InChI is InChI=1S/C30H42N6O5/c1-23(2)41-28-6-5-24(38)21-27(28)36-10-7-25-26(22-36)31-30(40-18-4-9-34-15-19-39-20-16-34)32-29(25)35-13-11-33(12-14-35)8-3-17-37/h3,5-6,8,17,21,23,38H,4,7,9-16,18-20,22H2,1-2H3. The molecule has 222 valence electrons. The smallest absolute Gasteiger partial charge is 0.318 e. The number of piperazine rings is 1. The molecule has 41 heavy (non-hydrogen) atoms. The lowest BCUT2D eigenvalue weighted by Gasteiger charge is -2.38. The van der Waals surface area contributed by atoms with E-state index in [1.807, 2.05) is 26.1 Å². The van der Waals surface area contributed by atoms with Crippen molar-refractivity contribution in [3.63, 3.8) is 0 Å². The minimum absolute atomic E-state index is 0.0156. The Bertz CT molecular complexity index is 1190. The molecule has 5 rings (SSSR count). The largest absolute Gasteiger partial charge is 0.508 e. The normalized spacial score (nSPS) is 18.2. The summed E-state index contributed by atoms with van der Waals surface area (Å²) in [6, 6.07) is 5.65. The van der Waals surface area contributed by atoms with Crippen LogP contribution in [0.5, 0.6) is 17.5 Å². The molecule has 0 aliphatic carbocycles. The number of carbonyl (C=O) groups excluding carboxylic acids is 1. The average Bonchev–Trinajstić information content (AvgIpc) is 2.99. The average molecular weight is 567 g/mol. The number of aldehydes is 1. The highest BCUT2D eigenvalue weighted by atomic mass is 16.5. The number of allylic oxidation sites excluding steroid dienone is 1. The second kappa shape index (κ2) is 13.9. The molecular formula is C30H42N6O5. The van der Waals surface area contributed by atoms with Crippen molar-refractivity contribution in [2.24, 2.45) is 0 Å². The third kappa shape index (κ3) is 7.59. The Hall–Kier alpha value is -3.57. The van der Waals surface area contributed by atoms with Gasteiger partial charge in [0, 0.05) is 70.2 Å². The Morgan fingerprint density at radius 1 is 1.05 bits per heavy atom. The van der Waals surface area contributed by atoms with Crippen molar-refractivity contribution in [3.05, 3.63) is 41.7 Å². The first-order valence-electron chi connectivity index (χ1n) is 14.7. The molecular weight excluding hydrogens is 524 g/mol. The van der Waals surface area contributed by atoms with E-state index in [0.717, 1.165) is 113 Å². The van der Waals surface area contributed by atoms with Crippen LogP contribution >= 0.6 is 0 Å². The van der Waals surface area contributed by atoms with E-state index in [9.17, 15) is 9.90 Å². The highest BCUT2D eigenvalue weighted by Gasteiger charge is 2.28. The zero-order chi connectivity index (χ0) is 28.6. The summed E-state index contributed by atoms with van der Waals surface area (Å²) in [4.78, 5) is 29.7. The number of carbonyl (C=O) groups is 1. The molecule has 1 N–H and O–H groups in total. The first kappa shape index (κ1) is 28.9. The van der Waals surface area contributed by atoms with Crippen LogP contribution in [0.1, 0.15) is 31.5 Å². The molecule has 0 radical (unpaired) electrons. The number of aromatic nitrogens is 2. The van der Waals surface area contributed by atoms with E-state index in [0.29, 0.717) is 19.2 Å². The van der Waals surface area contributed by atoms with Crippen molar-refractivity contribution in [1.29, 1.82) is 0 Å². The highest BCUT2D eigenvalue weighted by Crippen LogP contribution is 2.37. The van der Waals surface area contributed by atoms with Gasteiger partial charge in [0.15, 0.2) is 0 Å². The van der Waals surface area contributed by atoms with Crippen LogP contribution in [0.2, 0.25) is 0 Å². The number of hydrogen-bond donors (Lipinski definition) is 1. The quantitative estimate of drug-likeness (QED) is 0.246. The molecule has 0 spiro atoms. The molecule has 2 saturated heterocycles. The van der Waals surface area contributed by atoms with Crippen molar-refractivity contribution in [1.82, 2.24) is 19.8 Å². The molecule has 3 aliphatic heterocycles. The summed E-state index contributed by atoms with van der Waals surface area (Å²) in [5.74, 6) is 1.89.